The number of likely N-dealkylation sites (tertiary alicyclic amines) is 1. The summed E-state index contributed by atoms with van der Waals surface area (Å²) in [4.78, 5) is 14.8. The molecule has 1 amide bonds. The predicted octanol–water partition coefficient (Wildman–Crippen LogP) is 3.18. The van der Waals surface area contributed by atoms with Crippen molar-refractivity contribution in [3.05, 3.63) is 35.4 Å². The average Bonchev–Trinajstić information content (AvgIpc) is 3.23. The number of hydrogen-bond donors (Lipinski definition) is 1. The van der Waals surface area contributed by atoms with Crippen LogP contribution < -0.4 is 5.32 Å². The summed E-state index contributed by atoms with van der Waals surface area (Å²) < 4.78 is 5.48. The third-order valence-corrected chi connectivity index (χ3v) is 6.46. The Morgan fingerprint density at radius 3 is 2.56 bits per heavy atom. The van der Waals surface area contributed by atoms with Crippen LogP contribution in [-0.2, 0) is 16.1 Å². The molecule has 25 heavy (non-hydrogen) atoms. The summed E-state index contributed by atoms with van der Waals surface area (Å²) in [6, 6.07) is 9.76. The van der Waals surface area contributed by atoms with Gasteiger partial charge in [-0.3, -0.25) is 4.79 Å². The van der Waals surface area contributed by atoms with Crippen LogP contribution >= 0.6 is 0 Å². The van der Waals surface area contributed by atoms with Crippen molar-refractivity contribution in [1.82, 2.24) is 10.2 Å². The van der Waals surface area contributed by atoms with Gasteiger partial charge in [0.2, 0.25) is 5.91 Å². The SMILES string of the molecule is Cc1ccc(CN2C(=O)CCC23CCC(NC2CCOC2)CC3)cc1. The summed E-state index contributed by atoms with van der Waals surface area (Å²) >= 11 is 0. The number of hydrogen-bond acceptors (Lipinski definition) is 3. The fraction of sp³-hybridized carbons (Fsp3) is 0.667. The molecule has 1 aromatic rings. The van der Waals surface area contributed by atoms with E-state index in [1.165, 1.54) is 24.0 Å². The van der Waals surface area contributed by atoms with Gasteiger partial charge < -0.3 is 15.0 Å². The molecule has 2 saturated heterocycles. The number of carbonyl (C=O) groups excluding carboxylic acids is 1. The van der Waals surface area contributed by atoms with Crippen molar-refractivity contribution in [2.75, 3.05) is 13.2 Å². The van der Waals surface area contributed by atoms with Crippen LogP contribution in [0.4, 0.5) is 0 Å². The molecule has 0 aromatic heterocycles. The van der Waals surface area contributed by atoms with Gasteiger partial charge >= 0.3 is 0 Å². The Bertz CT molecular complexity index is 599. The minimum atomic E-state index is 0.103. The highest BCUT2D eigenvalue weighted by Crippen LogP contribution is 2.43. The lowest BCUT2D eigenvalue weighted by Gasteiger charge is -2.44. The second-order valence-corrected chi connectivity index (χ2v) is 8.19. The van der Waals surface area contributed by atoms with Gasteiger partial charge in [-0.15, -0.1) is 0 Å². The molecule has 0 bridgehead atoms. The molecule has 1 unspecified atom stereocenters. The second-order valence-electron chi connectivity index (χ2n) is 8.19. The molecule has 0 radical (unpaired) electrons. The molecule has 1 atom stereocenters. The summed E-state index contributed by atoms with van der Waals surface area (Å²) in [5.41, 5.74) is 2.63. The zero-order valence-electron chi connectivity index (χ0n) is 15.3. The molecule has 1 aromatic carbocycles. The summed E-state index contributed by atoms with van der Waals surface area (Å²) in [6.07, 6.45) is 7.52. The summed E-state index contributed by atoms with van der Waals surface area (Å²) in [5, 5.41) is 3.78. The molecule has 136 valence electrons. The van der Waals surface area contributed by atoms with E-state index in [0.29, 0.717) is 18.0 Å². The van der Waals surface area contributed by atoms with Crippen LogP contribution in [0.2, 0.25) is 0 Å². The average molecular weight is 342 g/mol. The molecule has 2 heterocycles. The van der Waals surface area contributed by atoms with E-state index in [9.17, 15) is 4.79 Å². The molecule has 3 fully saturated rings. The van der Waals surface area contributed by atoms with E-state index in [4.69, 9.17) is 4.74 Å². The maximum Gasteiger partial charge on any atom is 0.223 e. The van der Waals surface area contributed by atoms with Gasteiger partial charge in [0.05, 0.1) is 6.61 Å². The van der Waals surface area contributed by atoms with Gasteiger partial charge in [0.1, 0.15) is 0 Å². The Hall–Kier alpha value is -1.39. The number of nitrogens with one attached hydrogen (secondary N) is 1. The van der Waals surface area contributed by atoms with Crippen molar-refractivity contribution in [2.24, 2.45) is 0 Å². The Kier molecular flexibility index (Phi) is 4.83. The van der Waals surface area contributed by atoms with Crippen molar-refractivity contribution >= 4 is 5.91 Å². The zero-order chi connectivity index (χ0) is 17.3. The van der Waals surface area contributed by atoms with Crippen LogP contribution in [0.1, 0.15) is 56.1 Å². The van der Waals surface area contributed by atoms with Gasteiger partial charge in [0.25, 0.3) is 0 Å². The third-order valence-electron chi connectivity index (χ3n) is 6.46. The molecule has 1 aliphatic carbocycles. The van der Waals surface area contributed by atoms with Crippen molar-refractivity contribution < 1.29 is 9.53 Å². The quantitative estimate of drug-likeness (QED) is 0.914. The molecule has 4 heteroatoms. The van der Waals surface area contributed by atoms with Crippen molar-refractivity contribution in [3.63, 3.8) is 0 Å². The summed E-state index contributed by atoms with van der Waals surface area (Å²) in [7, 11) is 0. The molecule has 1 spiro atoms. The molecular weight excluding hydrogens is 312 g/mol. The van der Waals surface area contributed by atoms with Crippen LogP contribution in [0.25, 0.3) is 0 Å². The van der Waals surface area contributed by atoms with Crippen LogP contribution in [0.5, 0.6) is 0 Å². The Balaban J connectivity index is 1.40. The minimum Gasteiger partial charge on any atom is -0.380 e. The van der Waals surface area contributed by atoms with Crippen LogP contribution in [0, 0.1) is 6.92 Å². The second kappa shape index (κ2) is 7.08. The van der Waals surface area contributed by atoms with E-state index in [0.717, 1.165) is 51.9 Å². The molecule has 3 aliphatic rings. The van der Waals surface area contributed by atoms with E-state index < -0.39 is 0 Å². The lowest BCUT2D eigenvalue weighted by atomic mass is 9.77. The molecule has 4 rings (SSSR count). The number of carbonyl (C=O) groups is 1. The molecule has 1 N–H and O–H groups in total. The van der Waals surface area contributed by atoms with Crippen molar-refractivity contribution in [1.29, 1.82) is 0 Å². The highest BCUT2D eigenvalue weighted by Gasteiger charge is 2.47. The minimum absolute atomic E-state index is 0.103. The van der Waals surface area contributed by atoms with Crippen molar-refractivity contribution in [3.8, 4) is 0 Å². The van der Waals surface area contributed by atoms with Crippen LogP contribution in [0.3, 0.4) is 0 Å². The number of aryl methyl sites for hydroxylation is 1. The fourth-order valence-corrected chi connectivity index (χ4v) is 4.85. The Morgan fingerprint density at radius 1 is 1.12 bits per heavy atom. The largest absolute Gasteiger partial charge is 0.380 e. The summed E-state index contributed by atoms with van der Waals surface area (Å²) in [6.45, 7) is 4.64. The van der Waals surface area contributed by atoms with Crippen LogP contribution in [0.15, 0.2) is 24.3 Å². The number of ether oxygens (including phenoxy) is 1. The normalized spacial score (nSPS) is 32.7. The van der Waals surface area contributed by atoms with Crippen molar-refractivity contribution in [2.45, 2.75) is 76.0 Å². The highest BCUT2D eigenvalue weighted by molar-refractivity contribution is 5.79. The van der Waals surface area contributed by atoms with Gasteiger partial charge in [0.15, 0.2) is 0 Å². The third kappa shape index (κ3) is 3.61. The first kappa shape index (κ1) is 17.0. The molecule has 2 aliphatic heterocycles. The first-order valence-corrected chi connectivity index (χ1v) is 9.84. The standard InChI is InChI=1S/C21H30N2O2/c1-16-2-4-17(5-3-16)14-23-20(24)8-12-21(23)10-6-18(7-11-21)22-19-9-13-25-15-19/h2-5,18-19,22H,6-15H2,1H3. The maximum absolute atomic E-state index is 12.6. The summed E-state index contributed by atoms with van der Waals surface area (Å²) in [5.74, 6) is 0.344. The van der Waals surface area contributed by atoms with Gasteiger partial charge in [-0.05, 0) is 51.0 Å². The van der Waals surface area contributed by atoms with E-state index >= 15 is 0 Å². The Morgan fingerprint density at radius 2 is 1.88 bits per heavy atom. The predicted molar refractivity (Wildman–Crippen MR) is 98.3 cm³/mol. The van der Waals surface area contributed by atoms with Gasteiger partial charge in [0, 0.05) is 37.2 Å². The van der Waals surface area contributed by atoms with E-state index in [-0.39, 0.29) is 5.54 Å². The van der Waals surface area contributed by atoms with Gasteiger partial charge in [-0.1, -0.05) is 29.8 Å². The molecule has 4 nitrogen and oxygen atoms in total. The zero-order valence-corrected chi connectivity index (χ0v) is 15.3. The van der Waals surface area contributed by atoms with E-state index in [2.05, 4.69) is 41.4 Å². The number of nitrogens with zero attached hydrogens (tertiary/aromatic N) is 1. The smallest absolute Gasteiger partial charge is 0.223 e. The fourth-order valence-electron chi connectivity index (χ4n) is 4.85. The number of amides is 1. The van der Waals surface area contributed by atoms with Gasteiger partial charge in [-0.2, -0.15) is 0 Å². The first-order chi connectivity index (χ1) is 12.1. The maximum atomic E-state index is 12.6. The highest BCUT2D eigenvalue weighted by atomic mass is 16.5. The number of rotatable bonds is 4. The lowest BCUT2D eigenvalue weighted by molar-refractivity contribution is -0.133. The lowest BCUT2D eigenvalue weighted by Crippen LogP contribution is -2.51. The van der Waals surface area contributed by atoms with E-state index in [1.807, 2.05) is 0 Å². The van der Waals surface area contributed by atoms with Gasteiger partial charge in [-0.25, -0.2) is 0 Å². The number of benzene rings is 1. The molecular formula is C21H30N2O2. The monoisotopic (exact) mass is 342 g/mol. The Labute approximate surface area is 150 Å². The van der Waals surface area contributed by atoms with E-state index in [1.54, 1.807) is 0 Å². The van der Waals surface area contributed by atoms with Crippen LogP contribution in [-0.4, -0.2) is 41.6 Å². The molecule has 1 saturated carbocycles. The first-order valence-electron chi connectivity index (χ1n) is 9.84. The topological polar surface area (TPSA) is 41.6 Å².